The molecule has 0 saturated carbocycles. The summed E-state index contributed by atoms with van der Waals surface area (Å²) in [5.41, 5.74) is 6.82. The fraction of sp³-hybridized carbons (Fsp3) is 0.667. The highest BCUT2D eigenvalue weighted by atomic mass is 19.1. The minimum atomic E-state index is -0.216. The van der Waals surface area contributed by atoms with Crippen LogP contribution in [-0.2, 0) is 4.74 Å². The molecule has 0 spiro atoms. The topological polar surface area (TPSA) is 45.0 Å². The Kier molecular flexibility index (Phi) is 5.92. The summed E-state index contributed by atoms with van der Waals surface area (Å²) in [4.78, 5) is 7.05. The van der Waals surface area contributed by atoms with Crippen molar-refractivity contribution in [1.82, 2.24) is 9.80 Å². The number of hydrogen-bond donors (Lipinski definition) is 1. The number of nitrogens with two attached hydrogens (primary N) is 1. The Bertz CT molecular complexity index is 536. The van der Waals surface area contributed by atoms with Crippen molar-refractivity contribution in [2.45, 2.75) is 18.9 Å². The van der Waals surface area contributed by atoms with Gasteiger partial charge in [0.2, 0.25) is 0 Å². The van der Waals surface area contributed by atoms with Crippen molar-refractivity contribution in [2.24, 2.45) is 0 Å². The number of piperidine rings is 1. The highest BCUT2D eigenvalue weighted by Gasteiger charge is 2.25. The number of morpholine rings is 1. The van der Waals surface area contributed by atoms with E-state index in [0.29, 0.717) is 17.4 Å². The van der Waals surface area contributed by atoms with E-state index < -0.39 is 0 Å². The van der Waals surface area contributed by atoms with Crippen LogP contribution in [-0.4, -0.2) is 75.4 Å². The monoisotopic (exact) mass is 336 g/mol. The number of hydrogen-bond acceptors (Lipinski definition) is 5. The minimum absolute atomic E-state index is 0.216. The first-order valence-corrected chi connectivity index (χ1v) is 8.94. The first kappa shape index (κ1) is 17.5. The predicted octanol–water partition coefficient (Wildman–Crippen LogP) is 1.64. The van der Waals surface area contributed by atoms with Crippen LogP contribution in [0.25, 0.3) is 0 Å². The van der Waals surface area contributed by atoms with Crippen molar-refractivity contribution in [1.29, 1.82) is 0 Å². The standard InChI is InChI=1S/C18H29FN4O/c1-21(7-8-22-9-11-24-12-10-22)16-3-2-6-23(14-16)18-5-4-15(20)13-17(18)19/h4-5,13,16H,2-3,6-12,14,20H2,1H3/t16-/m0/s1. The number of ether oxygens (including phenoxy) is 1. The first-order chi connectivity index (χ1) is 11.6. The number of anilines is 2. The third kappa shape index (κ3) is 4.37. The SMILES string of the molecule is CN(CCN1CCOCC1)[C@H]1CCCN(c2ccc(N)cc2F)C1. The molecule has 5 nitrogen and oxygen atoms in total. The molecule has 2 N–H and O–H groups in total. The molecule has 0 aromatic heterocycles. The lowest BCUT2D eigenvalue weighted by atomic mass is 10.0. The molecule has 2 aliphatic heterocycles. The summed E-state index contributed by atoms with van der Waals surface area (Å²) in [5, 5.41) is 0. The van der Waals surface area contributed by atoms with Crippen LogP contribution < -0.4 is 10.6 Å². The van der Waals surface area contributed by atoms with E-state index in [9.17, 15) is 4.39 Å². The zero-order valence-electron chi connectivity index (χ0n) is 14.6. The molecule has 1 aromatic carbocycles. The first-order valence-electron chi connectivity index (χ1n) is 8.94. The molecule has 134 valence electrons. The lowest BCUT2D eigenvalue weighted by molar-refractivity contribution is 0.0322. The van der Waals surface area contributed by atoms with Gasteiger partial charge in [-0.15, -0.1) is 0 Å². The van der Waals surface area contributed by atoms with Gasteiger partial charge in [0.15, 0.2) is 0 Å². The summed E-state index contributed by atoms with van der Waals surface area (Å²) in [6.45, 7) is 7.65. The molecule has 0 amide bonds. The zero-order valence-corrected chi connectivity index (χ0v) is 14.6. The fourth-order valence-electron chi connectivity index (χ4n) is 3.62. The zero-order chi connectivity index (χ0) is 16.9. The summed E-state index contributed by atoms with van der Waals surface area (Å²) < 4.78 is 19.6. The Morgan fingerprint density at radius 1 is 1.29 bits per heavy atom. The molecule has 2 heterocycles. The van der Waals surface area contributed by atoms with Crippen LogP contribution in [0.3, 0.4) is 0 Å². The molecule has 0 bridgehead atoms. The number of halogens is 1. The van der Waals surface area contributed by atoms with E-state index in [-0.39, 0.29) is 5.82 Å². The Balaban J connectivity index is 1.54. The largest absolute Gasteiger partial charge is 0.399 e. The Labute approximate surface area is 144 Å². The minimum Gasteiger partial charge on any atom is -0.399 e. The van der Waals surface area contributed by atoms with Gasteiger partial charge in [0, 0.05) is 51.0 Å². The van der Waals surface area contributed by atoms with Crippen LogP contribution in [0.5, 0.6) is 0 Å². The Hall–Kier alpha value is -1.37. The van der Waals surface area contributed by atoms with Crippen molar-refractivity contribution in [3.8, 4) is 0 Å². The van der Waals surface area contributed by atoms with E-state index in [4.69, 9.17) is 10.5 Å². The van der Waals surface area contributed by atoms with Gasteiger partial charge in [-0.1, -0.05) is 0 Å². The van der Waals surface area contributed by atoms with Crippen LogP contribution in [0.4, 0.5) is 15.8 Å². The normalized spacial score (nSPS) is 23.0. The van der Waals surface area contributed by atoms with E-state index >= 15 is 0 Å². The quantitative estimate of drug-likeness (QED) is 0.828. The summed E-state index contributed by atoms with van der Waals surface area (Å²) >= 11 is 0. The second kappa shape index (κ2) is 8.14. The lowest BCUT2D eigenvalue weighted by Crippen LogP contribution is -2.49. The van der Waals surface area contributed by atoms with Gasteiger partial charge in [0.25, 0.3) is 0 Å². The molecule has 2 aliphatic rings. The number of nitrogen functional groups attached to an aromatic ring is 1. The van der Waals surface area contributed by atoms with Crippen LogP contribution in [0.2, 0.25) is 0 Å². The van der Waals surface area contributed by atoms with Crippen molar-refractivity contribution >= 4 is 11.4 Å². The summed E-state index contributed by atoms with van der Waals surface area (Å²) in [7, 11) is 2.19. The van der Waals surface area contributed by atoms with Crippen LogP contribution >= 0.6 is 0 Å². The molecule has 0 radical (unpaired) electrons. The summed E-state index contributed by atoms with van der Waals surface area (Å²) in [6.07, 6.45) is 2.27. The molecular weight excluding hydrogens is 307 g/mol. The lowest BCUT2D eigenvalue weighted by Gasteiger charge is -2.39. The van der Waals surface area contributed by atoms with E-state index in [0.717, 1.165) is 58.9 Å². The maximum absolute atomic E-state index is 14.2. The third-order valence-electron chi connectivity index (χ3n) is 5.20. The molecule has 2 fully saturated rings. The smallest absolute Gasteiger partial charge is 0.148 e. The van der Waals surface area contributed by atoms with Crippen LogP contribution in [0.15, 0.2) is 18.2 Å². The van der Waals surface area contributed by atoms with Crippen LogP contribution in [0, 0.1) is 5.82 Å². The van der Waals surface area contributed by atoms with E-state index in [2.05, 4.69) is 21.7 Å². The second-order valence-corrected chi connectivity index (χ2v) is 6.89. The van der Waals surface area contributed by atoms with Gasteiger partial charge in [-0.05, 0) is 38.1 Å². The molecule has 1 aromatic rings. The molecular formula is C18H29FN4O. The van der Waals surface area contributed by atoms with Gasteiger partial charge in [0.05, 0.1) is 18.9 Å². The summed E-state index contributed by atoms with van der Waals surface area (Å²) in [5.74, 6) is -0.216. The fourth-order valence-corrected chi connectivity index (χ4v) is 3.62. The molecule has 2 saturated heterocycles. The van der Waals surface area contributed by atoms with Gasteiger partial charge in [-0.3, -0.25) is 4.90 Å². The number of nitrogens with zero attached hydrogens (tertiary/aromatic N) is 3. The van der Waals surface area contributed by atoms with Crippen molar-refractivity contribution < 1.29 is 9.13 Å². The van der Waals surface area contributed by atoms with Gasteiger partial charge in [-0.2, -0.15) is 0 Å². The van der Waals surface area contributed by atoms with Gasteiger partial charge in [-0.25, -0.2) is 4.39 Å². The van der Waals surface area contributed by atoms with Crippen LogP contribution in [0.1, 0.15) is 12.8 Å². The number of likely N-dealkylation sites (N-methyl/N-ethyl adjacent to an activating group) is 1. The van der Waals surface area contributed by atoms with Gasteiger partial charge < -0.3 is 20.3 Å². The highest BCUT2D eigenvalue weighted by Crippen LogP contribution is 2.26. The molecule has 1 atom stereocenters. The van der Waals surface area contributed by atoms with Gasteiger partial charge >= 0.3 is 0 Å². The van der Waals surface area contributed by atoms with E-state index in [1.807, 2.05) is 0 Å². The maximum atomic E-state index is 14.2. The molecule has 24 heavy (non-hydrogen) atoms. The van der Waals surface area contributed by atoms with Crippen molar-refractivity contribution in [3.05, 3.63) is 24.0 Å². The van der Waals surface area contributed by atoms with E-state index in [1.165, 1.54) is 12.5 Å². The molecule has 3 rings (SSSR count). The van der Waals surface area contributed by atoms with Gasteiger partial charge in [0.1, 0.15) is 5.82 Å². The number of benzene rings is 1. The maximum Gasteiger partial charge on any atom is 0.148 e. The molecule has 6 heteroatoms. The summed E-state index contributed by atoms with van der Waals surface area (Å²) in [6, 6.07) is 5.48. The van der Waals surface area contributed by atoms with Crippen molar-refractivity contribution in [2.75, 3.05) is 70.2 Å². The predicted molar refractivity (Wildman–Crippen MR) is 95.9 cm³/mol. The highest BCUT2D eigenvalue weighted by molar-refractivity contribution is 5.54. The average Bonchev–Trinajstić information content (AvgIpc) is 2.60. The Morgan fingerprint density at radius 2 is 2.08 bits per heavy atom. The molecule has 0 aliphatic carbocycles. The van der Waals surface area contributed by atoms with E-state index in [1.54, 1.807) is 12.1 Å². The Morgan fingerprint density at radius 3 is 2.83 bits per heavy atom. The third-order valence-corrected chi connectivity index (χ3v) is 5.20. The number of rotatable bonds is 5. The van der Waals surface area contributed by atoms with Crippen molar-refractivity contribution in [3.63, 3.8) is 0 Å². The average molecular weight is 336 g/mol. The molecule has 0 unspecified atom stereocenters. The second-order valence-electron chi connectivity index (χ2n) is 6.89.